The van der Waals surface area contributed by atoms with Crippen molar-refractivity contribution in [3.8, 4) is 17.2 Å². The second kappa shape index (κ2) is 7.05. The van der Waals surface area contributed by atoms with Gasteiger partial charge in [-0.15, -0.1) is 0 Å². The van der Waals surface area contributed by atoms with Gasteiger partial charge in [0.15, 0.2) is 0 Å². The second-order valence-electron chi connectivity index (χ2n) is 4.46. The first-order valence-corrected chi connectivity index (χ1v) is 6.31. The minimum absolute atomic E-state index is 0.0261. The molecule has 3 heteroatoms. The number of rotatable bonds is 7. The van der Waals surface area contributed by atoms with Crippen LogP contribution in [0.5, 0.6) is 17.2 Å². The molecule has 1 atom stereocenters. The third-order valence-electron chi connectivity index (χ3n) is 2.68. The molecule has 96 valence electrons. The molecular formula is C14H22O3. The van der Waals surface area contributed by atoms with Gasteiger partial charge >= 0.3 is 0 Å². The first kappa shape index (κ1) is 13.7. The van der Waals surface area contributed by atoms with E-state index in [0.717, 1.165) is 12.8 Å². The first-order valence-electron chi connectivity index (χ1n) is 6.31. The number of aromatic hydroxyl groups is 2. The molecule has 0 bridgehead atoms. The summed E-state index contributed by atoms with van der Waals surface area (Å²) in [7, 11) is 0. The highest BCUT2D eigenvalue weighted by molar-refractivity contribution is 5.40. The van der Waals surface area contributed by atoms with Crippen molar-refractivity contribution in [3.05, 3.63) is 18.2 Å². The van der Waals surface area contributed by atoms with Crippen LogP contribution in [0.25, 0.3) is 0 Å². The largest absolute Gasteiger partial charge is 0.508 e. The summed E-state index contributed by atoms with van der Waals surface area (Å²) < 4.78 is 5.64. The highest BCUT2D eigenvalue weighted by Crippen LogP contribution is 2.27. The number of unbranched alkanes of at least 4 members (excludes halogenated alkanes) is 3. The molecule has 0 aromatic heterocycles. The standard InChI is InChI=1S/C14H22O3/c1-3-4-5-6-7-11(2)17-14-9-12(15)8-13(16)10-14/h8-11,15-16H,3-7H2,1-2H3. The van der Waals surface area contributed by atoms with Gasteiger partial charge in [0.05, 0.1) is 6.10 Å². The molecule has 1 aromatic rings. The Morgan fingerprint density at radius 1 is 1.06 bits per heavy atom. The highest BCUT2D eigenvalue weighted by Gasteiger charge is 2.06. The number of ether oxygens (including phenoxy) is 1. The van der Waals surface area contributed by atoms with Crippen molar-refractivity contribution in [2.24, 2.45) is 0 Å². The number of benzene rings is 1. The topological polar surface area (TPSA) is 49.7 Å². The van der Waals surface area contributed by atoms with Gasteiger partial charge < -0.3 is 14.9 Å². The average Bonchev–Trinajstić information content (AvgIpc) is 2.23. The summed E-state index contributed by atoms with van der Waals surface area (Å²) >= 11 is 0. The van der Waals surface area contributed by atoms with Crippen LogP contribution in [-0.2, 0) is 0 Å². The van der Waals surface area contributed by atoms with Crippen LogP contribution in [0.4, 0.5) is 0 Å². The maximum Gasteiger partial charge on any atom is 0.127 e. The summed E-state index contributed by atoms with van der Waals surface area (Å²) in [5.41, 5.74) is 0. The van der Waals surface area contributed by atoms with E-state index in [2.05, 4.69) is 6.92 Å². The molecule has 1 aromatic carbocycles. The molecule has 0 heterocycles. The van der Waals surface area contributed by atoms with Crippen LogP contribution in [-0.4, -0.2) is 16.3 Å². The molecule has 2 N–H and O–H groups in total. The van der Waals surface area contributed by atoms with E-state index in [1.165, 1.54) is 37.5 Å². The van der Waals surface area contributed by atoms with Crippen molar-refractivity contribution in [1.82, 2.24) is 0 Å². The third-order valence-corrected chi connectivity index (χ3v) is 2.68. The SMILES string of the molecule is CCCCCCC(C)Oc1cc(O)cc(O)c1. The van der Waals surface area contributed by atoms with Crippen molar-refractivity contribution in [2.45, 2.75) is 52.1 Å². The van der Waals surface area contributed by atoms with Crippen LogP contribution in [0.3, 0.4) is 0 Å². The Morgan fingerprint density at radius 3 is 2.29 bits per heavy atom. The normalized spacial score (nSPS) is 12.4. The van der Waals surface area contributed by atoms with Gasteiger partial charge in [-0.1, -0.05) is 26.2 Å². The van der Waals surface area contributed by atoms with E-state index in [-0.39, 0.29) is 17.6 Å². The van der Waals surface area contributed by atoms with Crippen molar-refractivity contribution in [3.63, 3.8) is 0 Å². The summed E-state index contributed by atoms with van der Waals surface area (Å²) in [4.78, 5) is 0. The Morgan fingerprint density at radius 2 is 1.71 bits per heavy atom. The molecular weight excluding hydrogens is 216 g/mol. The third kappa shape index (κ3) is 5.48. The van der Waals surface area contributed by atoms with Crippen LogP contribution < -0.4 is 4.74 Å². The molecule has 1 rings (SSSR count). The van der Waals surface area contributed by atoms with Gasteiger partial charge in [0.2, 0.25) is 0 Å². The molecule has 0 aliphatic carbocycles. The fourth-order valence-corrected chi connectivity index (χ4v) is 1.79. The van der Waals surface area contributed by atoms with Crippen LogP contribution in [0.1, 0.15) is 46.0 Å². The summed E-state index contributed by atoms with van der Waals surface area (Å²) in [6.45, 7) is 4.20. The van der Waals surface area contributed by atoms with Crippen LogP contribution in [0.2, 0.25) is 0 Å². The van der Waals surface area contributed by atoms with E-state index in [1.807, 2.05) is 6.92 Å². The molecule has 0 radical (unpaired) electrons. The van der Waals surface area contributed by atoms with Crippen molar-refractivity contribution < 1.29 is 14.9 Å². The summed E-state index contributed by atoms with van der Waals surface area (Å²) in [6.07, 6.45) is 5.98. The maximum atomic E-state index is 9.31. The zero-order valence-electron chi connectivity index (χ0n) is 10.6. The quantitative estimate of drug-likeness (QED) is 0.710. The van der Waals surface area contributed by atoms with Gasteiger partial charge in [-0.25, -0.2) is 0 Å². The Hall–Kier alpha value is -1.38. The lowest BCUT2D eigenvalue weighted by Gasteiger charge is -2.15. The predicted molar refractivity (Wildman–Crippen MR) is 68.6 cm³/mol. The first-order chi connectivity index (χ1) is 8.11. The molecule has 0 saturated heterocycles. The van der Waals surface area contributed by atoms with Gasteiger partial charge in [0, 0.05) is 18.2 Å². The lowest BCUT2D eigenvalue weighted by molar-refractivity contribution is 0.205. The minimum atomic E-state index is 0.0261. The Labute approximate surface area is 103 Å². The number of hydrogen-bond acceptors (Lipinski definition) is 3. The van der Waals surface area contributed by atoms with E-state index in [9.17, 15) is 10.2 Å². The van der Waals surface area contributed by atoms with Crippen molar-refractivity contribution >= 4 is 0 Å². The molecule has 0 aliphatic rings. The smallest absolute Gasteiger partial charge is 0.127 e. The van der Waals surface area contributed by atoms with Crippen LogP contribution in [0, 0.1) is 0 Å². The molecule has 0 fully saturated rings. The van der Waals surface area contributed by atoms with Gasteiger partial charge in [0.1, 0.15) is 17.2 Å². The monoisotopic (exact) mass is 238 g/mol. The summed E-state index contributed by atoms with van der Waals surface area (Å²) in [6, 6.07) is 4.32. The van der Waals surface area contributed by atoms with E-state index >= 15 is 0 Å². The fraction of sp³-hybridized carbons (Fsp3) is 0.571. The van der Waals surface area contributed by atoms with Crippen molar-refractivity contribution in [2.75, 3.05) is 0 Å². The molecule has 3 nitrogen and oxygen atoms in total. The lowest BCUT2D eigenvalue weighted by atomic mass is 10.1. The zero-order chi connectivity index (χ0) is 12.7. The fourth-order valence-electron chi connectivity index (χ4n) is 1.79. The Bertz CT molecular complexity index is 316. The van der Waals surface area contributed by atoms with E-state index in [4.69, 9.17) is 4.74 Å². The average molecular weight is 238 g/mol. The van der Waals surface area contributed by atoms with Crippen LogP contribution >= 0.6 is 0 Å². The Kier molecular flexibility index (Phi) is 5.67. The summed E-state index contributed by atoms with van der Waals surface area (Å²) in [5.74, 6) is 0.571. The predicted octanol–water partition coefficient (Wildman–Crippen LogP) is 3.84. The summed E-state index contributed by atoms with van der Waals surface area (Å²) in [5, 5.41) is 18.6. The molecule has 0 amide bonds. The van der Waals surface area contributed by atoms with E-state index in [1.54, 1.807) is 0 Å². The molecule has 0 saturated carbocycles. The number of hydrogen-bond donors (Lipinski definition) is 2. The van der Waals surface area contributed by atoms with Crippen molar-refractivity contribution in [1.29, 1.82) is 0 Å². The second-order valence-corrected chi connectivity index (χ2v) is 4.46. The zero-order valence-corrected chi connectivity index (χ0v) is 10.6. The van der Waals surface area contributed by atoms with E-state index < -0.39 is 0 Å². The molecule has 1 unspecified atom stereocenters. The molecule has 0 spiro atoms. The van der Waals surface area contributed by atoms with Gasteiger partial charge in [-0.05, 0) is 19.8 Å². The van der Waals surface area contributed by atoms with Crippen LogP contribution in [0.15, 0.2) is 18.2 Å². The number of phenolic OH excluding ortho intramolecular Hbond substituents is 2. The molecule has 0 aliphatic heterocycles. The van der Waals surface area contributed by atoms with Gasteiger partial charge in [0.25, 0.3) is 0 Å². The van der Waals surface area contributed by atoms with Gasteiger partial charge in [-0.2, -0.15) is 0 Å². The maximum absolute atomic E-state index is 9.31. The van der Waals surface area contributed by atoms with Gasteiger partial charge in [-0.3, -0.25) is 0 Å². The molecule has 17 heavy (non-hydrogen) atoms. The number of phenols is 2. The van der Waals surface area contributed by atoms with E-state index in [0.29, 0.717) is 5.75 Å². The Balaban J connectivity index is 2.36. The highest BCUT2D eigenvalue weighted by atomic mass is 16.5. The lowest BCUT2D eigenvalue weighted by Crippen LogP contribution is -2.11. The minimum Gasteiger partial charge on any atom is -0.508 e.